The number of alkyl halides is 3. The van der Waals surface area contributed by atoms with E-state index >= 15 is 0 Å². The SMILES string of the molecule is CCc1nn(C)cc1CN1CCC(OC)(c2nc(CC(F)(F)F)no2)CC1. The zero-order chi connectivity index (χ0) is 19.7. The van der Waals surface area contributed by atoms with Gasteiger partial charge in [-0.3, -0.25) is 9.58 Å². The Labute approximate surface area is 155 Å². The molecule has 0 radical (unpaired) electrons. The lowest BCUT2D eigenvalue weighted by atomic mass is 9.90. The van der Waals surface area contributed by atoms with Crippen LogP contribution >= 0.6 is 0 Å². The summed E-state index contributed by atoms with van der Waals surface area (Å²) < 4.78 is 50.1. The van der Waals surface area contributed by atoms with Gasteiger partial charge in [0.15, 0.2) is 5.82 Å². The number of rotatable bonds is 6. The van der Waals surface area contributed by atoms with E-state index in [0.29, 0.717) is 25.9 Å². The van der Waals surface area contributed by atoms with Gasteiger partial charge < -0.3 is 9.26 Å². The van der Waals surface area contributed by atoms with Crippen molar-refractivity contribution in [2.45, 2.75) is 50.9 Å². The minimum atomic E-state index is -4.37. The lowest BCUT2D eigenvalue weighted by Crippen LogP contribution is -2.43. The summed E-state index contributed by atoms with van der Waals surface area (Å²) in [6, 6.07) is 0. The van der Waals surface area contributed by atoms with Crippen molar-refractivity contribution < 1.29 is 22.4 Å². The van der Waals surface area contributed by atoms with Crippen molar-refractivity contribution in [1.82, 2.24) is 24.8 Å². The molecule has 3 heterocycles. The van der Waals surface area contributed by atoms with Gasteiger partial charge in [-0.2, -0.15) is 23.3 Å². The fourth-order valence-corrected chi connectivity index (χ4v) is 3.52. The average molecular weight is 387 g/mol. The number of nitrogens with zero attached hydrogens (tertiary/aromatic N) is 5. The number of aryl methyl sites for hydroxylation is 2. The van der Waals surface area contributed by atoms with Crippen LogP contribution in [0.2, 0.25) is 0 Å². The van der Waals surface area contributed by atoms with Crippen LogP contribution in [0, 0.1) is 0 Å². The van der Waals surface area contributed by atoms with E-state index in [2.05, 4.69) is 27.1 Å². The van der Waals surface area contributed by atoms with Gasteiger partial charge >= 0.3 is 6.18 Å². The van der Waals surface area contributed by atoms with Crippen LogP contribution in [0.3, 0.4) is 0 Å². The third-order valence-corrected chi connectivity index (χ3v) is 4.99. The van der Waals surface area contributed by atoms with E-state index < -0.39 is 18.2 Å². The molecule has 27 heavy (non-hydrogen) atoms. The van der Waals surface area contributed by atoms with Crippen molar-refractivity contribution in [3.05, 3.63) is 29.2 Å². The normalized spacial score (nSPS) is 18.1. The van der Waals surface area contributed by atoms with Crippen LogP contribution in [0.15, 0.2) is 10.7 Å². The summed E-state index contributed by atoms with van der Waals surface area (Å²) in [6.07, 6.45) is -1.54. The molecule has 0 N–H and O–H groups in total. The molecule has 0 saturated carbocycles. The molecule has 2 aromatic heterocycles. The molecule has 1 aliphatic heterocycles. The van der Waals surface area contributed by atoms with Crippen LogP contribution < -0.4 is 0 Å². The van der Waals surface area contributed by atoms with Crippen molar-refractivity contribution in [3.8, 4) is 0 Å². The predicted molar refractivity (Wildman–Crippen MR) is 89.8 cm³/mol. The molecule has 1 aliphatic rings. The molecular weight excluding hydrogens is 363 g/mol. The summed E-state index contributed by atoms with van der Waals surface area (Å²) in [4.78, 5) is 6.23. The number of ether oxygens (including phenoxy) is 1. The van der Waals surface area contributed by atoms with Crippen LogP contribution in [-0.4, -0.2) is 51.2 Å². The topological polar surface area (TPSA) is 69.2 Å². The van der Waals surface area contributed by atoms with Gasteiger partial charge in [0.05, 0.1) is 5.69 Å². The first-order chi connectivity index (χ1) is 12.7. The molecule has 10 heteroatoms. The molecular formula is C17H24F3N5O2. The number of aromatic nitrogens is 4. The summed E-state index contributed by atoms with van der Waals surface area (Å²) in [5.41, 5.74) is 1.43. The minimum Gasteiger partial charge on any atom is -0.368 e. The summed E-state index contributed by atoms with van der Waals surface area (Å²) in [5.74, 6) is -0.237. The van der Waals surface area contributed by atoms with E-state index in [1.54, 1.807) is 0 Å². The molecule has 0 bridgehead atoms. The Morgan fingerprint density at radius 1 is 1.30 bits per heavy atom. The minimum absolute atomic E-state index is 0.125. The number of likely N-dealkylation sites (tertiary alicyclic amines) is 1. The Morgan fingerprint density at radius 3 is 2.59 bits per heavy atom. The van der Waals surface area contributed by atoms with Gasteiger partial charge in [0.25, 0.3) is 5.89 Å². The quantitative estimate of drug-likeness (QED) is 0.759. The second-order valence-corrected chi connectivity index (χ2v) is 6.91. The molecule has 150 valence electrons. The molecule has 0 unspecified atom stereocenters. The van der Waals surface area contributed by atoms with Gasteiger partial charge in [0, 0.05) is 45.6 Å². The highest BCUT2D eigenvalue weighted by molar-refractivity contribution is 5.17. The molecule has 1 saturated heterocycles. The fourth-order valence-electron chi connectivity index (χ4n) is 3.52. The molecule has 0 atom stereocenters. The second-order valence-electron chi connectivity index (χ2n) is 6.91. The van der Waals surface area contributed by atoms with E-state index in [1.807, 2.05) is 17.9 Å². The molecule has 1 fully saturated rings. The number of piperidine rings is 1. The van der Waals surface area contributed by atoms with Gasteiger partial charge in [-0.25, -0.2) is 0 Å². The highest BCUT2D eigenvalue weighted by atomic mass is 19.4. The van der Waals surface area contributed by atoms with Gasteiger partial charge in [0.2, 0.25) is 0 Å². The number of methoxy groups -OCH3 is 1. The van der Waals surface area contributed by atoms with Crippen molar-refractivity contribution in [2.75, 3.05) is 20.2 Å². The average Bonchev–Trinajstić information content (AvgIpc) is 3.21. The number of hydrogen-bond donors (Lipinski definition) is 0. The predicted octanol–water partition coefficient (Wildman–Crippen LogP) is 2.61. The van der Waals surface area contributed by atoms with Crippen LogP contribution in [0.1, 0.15) is 42.7 Å². The maximum atomic E-state index is 12.5. The second kappa shape index (κ2) is 7.59. The Balaban J connectivity index is 1.66. The van der Waals surface area contributed by atoms with E-state index in [-0.39, 0.29) is 11.7 Å². The first kappa shape index (κ1) is 19.8. The summed E-state index contributed by atoms with van der Waals surface area (Å²) in [5, 5.41) is 7.93. The highest BCUT2D eigenvalue weighted by Crippen LogP contribution is 2.36. The van der Waals surface area contributed by atoms with Gasteiger partial charge in [0.1, 0.15) is 12.0 Å². The summed E-state index contributed by atoms with van der Waals surface area (Å²) >= 11 is 0. The maximum absolute atomic E-state index is 12.5. The summed E-state index contributed by atoms with van der Waals surface area (Å²) in [7, 11) is 3.43. The standard InChI is InChI=1S/C17H24F3N5O2/c1-4-13-12(10-24(2)22-13)11-25-7-5-16(26-3,6-8-25)15-21-14(23-27-15)9-17(18,19)20/h10H,4-9,11H2,1-3H3. The monoisotopic (exact) mass is 387 g/mol. The molecule has 0 amide bonds. The van der Waals surface area contributed by atoms with Crippen molar-refractivity contribution in [1.29, 1.82) is 0 Å². The first-order valence-corrected chi connectivity index (χ1v) is 8.93. The van der Waals surface area contributed by atoms with Gasteiger partial charge in [-0.05, 0) is 19.3 Å². The fraction of sp³-hybridized carbons (Fsp3) is 0.706. The molecule has 0 spiro atoms. The third-order valence-electron chi connectivity index (χ3n) is 4.99. The molecule has 7 nitrogen and oxygen atoms in total. The maximum Gasteiger partial charge on any atom is 0.396 e. The lowest BCUT2D eigenvalue weighted by molar-refractivity contribution is -0.128. The smallest absolute Gasteiger partial charge is 0.368 e. The summed E-state index contributed by atoms with van der Waals surface area (Å²) in [6.45, 7) is 4.28. The molecule has 0 aromatic carbocycles. The third kappa shape index (κ3) is 4.49. The number of hydrogen-bond acceptors (Lipinski definition) is 6. The zero-order valence-corrected chi connectivity index (χ0v) is 15.7. The highest BCUT2D eigenvalue weighted by Gasteiger charge is 2.42. The van der Waals surface area contributed by atoms with Crippen LogP contribution in [0.25, 0.3) is 0 Å². The number of halogens is 3. The lowest BCUT2D eigenvalue weighted by Gasteiger charge is -2.38. The van der Waals surface area contributed by atoms with Gasteiger partial charge in [-0.1, -0.05) is 12.1 Å². The van der Waals surface area contributed by atoms with Crippen molar-refractivity contribution in [3.63, 3.8) is 0 Å². The molecule has 0 aliphatic carbocycles. The Hall–Kier alpha value is -1.94. The zero-order valence-electron chi connectivity index (χ0n) is 15.7. The Morgan fingerprint density at radius 2 is 2.00 bits per heavy atom. The van der Waals surface area contributed by atoms with Gasteiger partial charge in [-0.15, -0.1) is 0 Å². The van der Waals surface area contributed by atoms with E-state index in [1.165, 1.54) is 12.7 Å². The largest absolute Gasteiger partial charge is 0.396 e. The van der Waals surface area contributed by atoms with Crippen LogP contribution in [-0.2, 0) is 36.8 Å². The van der Waals surface area contributed by atoms with E-state index in [9.17, 15) is 13.2 Å². The van der Waals surface area contributed by atoms with Crippen LogP contribution in [0.5, 0.6) is 0 Å². The Kier molecular flexibility index (Phi) is 5.57. The van der Waals surface area contributed by atoms with Crippen molar-refractivity contribution >= 4 is 0 Å². The molecule has 2 aromatic rings. The molecule has 3 rings (SSSR count). The first-order valence-electron chi connectivity index (χ1n) is 8.93. The van der Waals surface area contributed by atoms with E-state index in [0.717, 1.165) is 18.7 Å². The van der Waals surface area contributed by atoms with Crippen molar-refractivity contribution in [2.24, 2.45) is 7.05 Å². The van der Waals surface area contributed by atoms with E-state index in [4.69, 9.17) is 9.26 Å². The Bertz CT molecular complexity index is 763. The van der Waals surface area contributed by atoms with Crippen LogP contribution in [0.4, 0.5) is 13.2 Å².